The first-order valence-corrected chi connectivity index (χ1v) is 8.41. The van der Waals surface area contributed by atoms with Crippen molar-refractivity contribution in [3.05, 3.63) is 71.3 Å². The lowest BCUT2D eigenvalue weighted by atomic mass is 9.91. The normalized spacial score (nSPS) is 13.9. The predicted molar refractivity (Wildman–Crippen MR) is 91.4 cm³/mol. The van der Waals surface area contributed by atoms with E-state index < -0.39 is 5.60 Å². The van der Waals surface area contributed by atoms with Gasteiger partial charge < -0.3 is 10.8 Å². The summed E-state index contributed by atoms with van der Waals surface area (Å²) in [5.74, 6) is 1.86. The Bertz CT molecular complexity index is 558. The van der Waals surface area contributed by atoms with Crippen molar-refractivity contribution in [1.82, 2.24) is 0 Å². The molecule has 2 rings (SSSR count). The van der Waals surface area contributed by atoms with Gasteiger partial charge in [-0.05, 0) is 35.8 Å². The maximum Gasteiger partial charge on any atom is 0.103 e. The average molecular weight is 301 g/mol. The molecule has 2 aromatic carbocycles. The molecule has 0 saturated carbocycles. The fraction of sp³-hybridized carbons (Fsp3) is 0.333. The van der Waals surface area contributed by atoms with Gasteiger partial charge in [-0.3, -0.25) is 0 Å². The van der Waals surface area contributed by atoms with E-state index >= 15 is 0 Å². The summed E-state index contributed by atoms with van der Waals surface area (Å²) in [4.78, 5) is 0. The zero-order chi connectivity index (χ0) is 15.1. The van der Waals surface area contributed by atoms with Crippen LogP contribution in [0.2, 0.25) is 0 Å². The highest BCUT2D eigenvalue weighted by molar-refractivity contribution is 7.98. The van der Waals surface area contributed by atoms with Gasteiger partial charge in [0.25, 0.3) is 0 Å². The molecule has 0 fully saturated rings. The minimum atomic E-state index is -0.917. The lowest BCUT2D eigenvalue weighted by Crippen LogP contribution is -2.35. The lowest BCUT2D eigenvalue weighted by molar-refractivity contribution is 0.0431. The van der Waals surface area contributed by atoms with Gasteiger partial charge in [0, 0.05) is 12.3 Å². The topological polar surface area (TPSA) is 46.2 Å². The molecule has 0 amide bonds. The first-order valence-electron chi connectivity index (χ1n) is 7.26. The third-order valence-electron chi connectivity index (χ3n) is 3.83. The second kappa shape index (κ2) is 7.64. The minimum Gasteiger partial charge on any atom is -0.384 e. The van der Waals surface area contributed by atoms with Crippen LogP contribution in [0.5, 0.6) is 0 Å². The highest BCUT2D eigenvalue weighted by Gasteiger charge is 2.26. The van der Waals surface area contributed by atoms with E-state index in [1.54, 1.807) is 0 Å². The number of thioether (sulfide) groups is 1. The monoisotopic (exact) mass is 301 g/mol. The van der Waals surface area contributed by atoms with Crippen LogP contribution < -0.4 is 5.73 Å². The largest absolute Gasteiger partial charge is 0.384 e. The Labute approximate surface area is 131 Å². The van der Waals surface area contributed by atoms with Crippen molar-refractivity contribution in [3.63, 3.8) is 0 Å². The van der Waals surface area contributed by atoms with Gasteiger partial charge in [-0.1, -0.05) is 54.6 Å². The van der Waals surface area contributed by atoms with Crippen LogP contribution in [-0.2, 0) is 11.4 Å². The standard InChI is InChI=1S/C18H23NOS/c1-15-7-5-6-8-16(15)13-21-12-11-18(20,14-19)17-9-3-2-4-10-17/h2-10,20H,11-14,19H2,1H3. The molecule has 0 aliphatic heterocycles. The molecule has 0 bridgehead atoms. The Kier molecular flexibility index (Phi) is 5.85. The Morgan fingerprint density at radius 1 is 1.05 bits per heavy atom. The predicted octanol–water partition coefficient (Wildman–Crippen LogP) is 3.46. The van der Waals surface area contributed by atoms with Gasteiger partial charge in [0.05, 0.1) is 0 Å². The molecule has 0 heterocycles. The van der Waals surface area contributed by atoms with Crippen molar-refractivity contribution >= 4 is 11.8 Å². The molecule has 2 nitrogen and oxygen atoms in total. The molecule has 1 atom stereocenters. The van der Waals surface area contributed by atoms with Crippen LogP contribution in [0.4, 0.5) is 0 Å². The van der Waals surface area contributed by atoms with E-state index in [4.69, 9.17) is 5.73 Å². The van der Waals surface area contributed by atoms with Crippen molar-refractivity contribution in [2.45, 2.75) is 24.7 Å². The molecule has 2 aromatic rings. The number of benzene rings is 2. The second-order valence-electron chi connectivity index (χ2n) is 5.33. The van der Waals surface area contributed by atoms with E-state index in [0.29, 0.717) is 6.42 Å². The molecule has 3 N–H and O–H groups in total. The Hall–Kier alpha value is -1.29. The van der Waals surface area contributed by atoms with E-state index in [9.17, 15) is 5.11 Å². The van der Waals surface area contributed by atoms with Crippen molar-refractivity contribution in [1.29, 1.82) is 0 Å². The molecular formula is C18H23NOS. The van der Waals surface area contributed by atoms with Gasteiger partial charge in [-0.15, -0.1) is 0 Å². The molecule has 0 saturated heterocycles. The fourth-order valence-corrected chi connectivity index (χ4v) is 3.48. The molecule has 0 aliphatic rings. The number of hydrogen-bond donors (Lipinski definition) is 2. The summed E-state index contributed by atoms with van der Waals surface area (Å²) in [6, 6.07) is 18.2. The molecule has 0 aliphatic carbocycles. The number of hydrogen-bond acceptors (Lipinski definition) is 3. The summed E-state index contributed by atoms with van der Waals surface area (Å²) < 4.78 is 0. The summed E-state index contributed by atoms with van der Waals surface area (Å²) in [6.45, 7) is 2.39. The number of aliphatic hydroxyl groups is 1. The van der Waals surface area contributed by atoms with Gasteiger partial charge in [0.2, 0.25) is 0 Å². The van der Waals surface area contributed by atoms with Crippen LogP contribution in [0, 0.1) is 6.92 Å². The van der Waals surface area contributed by atoms with Crippen molar-refractivity contribution in [2.75, 3.05) is 12.3 Å². The number of rotatable bonds is 7. The van der Waals surface area contributed by atoms with Gasteiger partial charge >= 0.3 is 0 Å². The van der Waals surface area contributed by atoms with Crippen LogP contribution in [0.3, 0.4) is 0 Å². The van der Waals surface area contributed by atoms with Crippen LogP contribution in [0.15, 0.2) is 54.6 Å². The second-order valence-corrected chi connectivity index (χ2v) is 6.44. The van der Waals surface area contributed by atoms with Crippen LogP contribution in [0.1, 0.15) is 23.1 Å². The smallest absolute Gasteiger partial charge is 0.103 e. The minimum absolute atomic E-state index is 0.252. The van der Waals surface area contributed by atoms with E-state index in [-0.39, 0.29) is 6.54 Å². The highest BCUT2D eigenvalue weighted by atomic mass is 32.2. The zero-order valence-corrected chi connectivity index (χ0v) is 13.3. The molecular weight excluding hydrogens is 278 g/mol. The highest BCUT2D eigenvalue weighted by Crippen LogP contribution is 2.27. The molecule has 3 heteroatoms. The maximum absolute atomic E-state index is 10.7. The lowest BCUT2D eigenvalue weighted by Gasteiger charge is -2.27. The molecule has 1 unspecified atom stereocenters. The van der Waals surface area contributed by atoms with Crippen LogP contribution >= 0.6 is 11.8 Å². The molecule has 21 heavy (non-hydrogen) atoms. The summed E-state index contributed by atoms with van der Waals surface area (Å²) in [5, 5.41) is 10.7. The third kappa shape index (κ3) is 4.34. The first kappa shape index (κ1) is 16.1. The Morgan fingerprint density at radius 3 is 2.38 bits per heavy atom. The SMILES string of the molecule is Cc1ccccc1CSCCC(O)(CN)c1ccccc1. The van der Waals surface area contributed by atoms with E-state index in [1.807, 2.05) is 42.1 Å². The van der Waals surface area contributed by atoms with E-state index in [2.05, 4.69) is 31.2 Å². The molecule has 0 aromatic heterocycles. The molecule has 0 radical (unpaired) electrons. The Balaban J connectivity index is 1.88. The zero-order valence-electron chi connectivity index (χ0n) is 12.5. The third-order valence-corrected chi connectivity index (χ3v) is 4.84. The summed E-state index contributed by atoms with van der Waals surface area (Å²) in [5.41, 5.74) is 8.47. The van der Waals surface area contributed by atoms with Gasteiger partial charge in [-0.2, -0.15) is 11.8 Å². The Morgan fingerprint density at radius 2 is 1.71 bits per heavy atom. The summed E-state index contributed by atoms with van der Waals surface area (Å²) in [7, 11) is 0. The van der Waals surface area contributed by atoms with Crippen LogP contribution in [-0.4, -0.2) is 17.4 Å². The van der Waals surface area contributed by atoms with Gasteiger partial charge in [-0.25, -0.2) is 0 Å². The first-order chi connectivity index (χ1) is 10.2. The van der Waals surface area contributed by atoms with Crippen molar-refractivity contribution in [3.8, 4) is 0 Å². The number of nitrogens with two attached hydrogens (primary N) is 1. The summed E-state index contributed by atoms with van der Waals surface area (Å²) >= 11 is 1.84. The van der Waals surface area contributed by atoms with E-state index in [1.165, 1.54) is 11.1 Å². The fourth-order valence-electron chi connectivity index (χ4n) is 2.31. The van der Waals surface area contributed by atoms with Crippen molar-refractivity contribution < 1.29 is 5.11 Å². The summed E-state index contributed by atoms with van der Waals surface area (Å²) in [6.07, 6.45) is 0.671. The maximum atomic E-state index is 10.7. The quantitative estimate of drug-likeness (QED) is 0.770. The van der Waals surface area contributed by atoms with Crippen molar-refractivity contribution in [2.24, 2.45) is 5.73 Å². The average Bonchev–Trinajstić information content (AvgIpc) is 2.54. The van der Waals surface area contributed by atoms with E-state index in [0.717, 1.165) is 17.1 Å². The van der Waals surface area contributed by atoms with Gasteiger partial charge in [0.1, 0.15) is 5.60 Å². The van der Waals surface area contributed by atoms with Crippen LogP contribution in [0.25, 0.3) is 0 Å². The molecule has 0 spiro atoms. The number of aryl methyl sites for hydroxylation is 1. The molecule has 112 valence electrons. The van der Waals surface area contributed by atoms with Gasteiger partial charge in [0.15, 0.2) is 0 Å².